The number of rotatable bonds is 4. The maximum absolute atomic E-state index is 11.9. The van der Waals surface area contributed by atoms with Crippen LogP contribution in [-0.4, -0.2) is 23.9 Å². The Hall–Kier alpha value is -1.44. The normalized spacial score (nSPS) is 12.7. The number of carbonyl (C=O) groups is 1. The molecule has 106 valence electrons. The number of halogens is 4. The quantitative estimate of drug-likeness (QED) is 0.844. The molecule has 19 heavy (non-hydrogen) atoms. The highest BCUT2D eigenvalue weighted by Crippen LogP contribution is 2.23. The number of ether oxygens (including phenoxy) is 2. The number of carbonyl (C=O) groups excluding carboxylic acids is 1. The van der Waals surface area contributed by atoms with E-state index in [2.05, 4.69) is 26.0 Å². The molecule has 1 rings (SSSR count). The molecule has 1 aromatic rings. The van der Waals surface area contributed by atoms with Gasteiger partial charge in [0, 0.05) is 11.0 Å². The SMILES string of the molecule is CC(CBr)OC(=O)Nc1ccc(OC(F)(F)F)cc1. The van der Waals surface area contributed by atoms with E-state index in [9.17, 15) is 18.0 Å². The van der Waals surface area contributed by atoms with Gasteiger partial charge in [-0.15, -0.1) is 13.2 Å². The summed E-state index contributed by atoms with van der Waals surface area (Å²) in [7, 11) is 0. The van der Waals surface area contributed by atoms with E-state index in [1.54, 1.807) is 6.92 Å². The predicted molar refractivity (Wildman–Crippen MR) is 66.5 cm³/mol. The van der Waals surface area contributed by atoms with Gasteiger partial charge in [-0.1, -0.05) is 15.9 Å². The fourth-order valence-corrected chi connectivity index (χ4v) is 1.23. The van der Waals surface area contributed by atoms with Gasteiger partial charge in [0.25, 0.3) is 0 Å². The summed E-state index contributed by atoms with van der Waals surface area (Å²) in [6.45, 7) is 1.69. The standard InChI is InChI=1S/C11H11BrF3NO3/c1-7(6-12)18-10(17)16-8-2-4-9(5-3-8)19-11(13,14)15/h2-5,7H,6H2,1H3,(H,16,17). The summed E-state index contributed by atoms with van der Waals surface area (Å²) in [5, 5.41) is 2.86. The lowest BCUT2D eigenvalue weighted by Crippen LogP contribution is -2.21. The minimum atomic E-state index is -4.74. The topological polar surface area (TPSA) is 47.6 Å². The number of nitrogens with one attached hydrogen (secondary N) is 1. The maximum Gasteiger partial charge on any atom is 0.573 e. The molecule has 1 aromatic carbocycles. The van der Waals surface area contributed by atoms with Crippen molar-refractivity contribution < 1.29 is 27.4 Å². The van der Waals surface area contributed by atoms with Gasteiger partial charge in [-0.25, -0.2) is 4.79 Å². The highest BCUT2D eigenvalue weighted by atomic mass is 79.9. The van der Waals surface area contributed by atoms with E-state index in [4.69, 9.17) is 4.74 Å². The van der Waals surface area contributed by atoms with Crippen molar-refractivity contribution in [3.8, 4) is 5.75 Å². The second kappa shape index (κ2) is 6.65. The largest absolute Gasteiger partial charge is 0.573 e. The first-order valence-corrected chi connectivity index (χ1v) is 6.31. The van der Waals surface area contributed by atoms with Crippen molar-refractivity contribution in [2.24, 2.45) is 0 Å². The molecular formula is C11H11BrF3NO3. The van der Waals surface area contributed by atoms with Gasteiger partial charge in [0.2, 0.25) is 0 Å². The molecule has 0 saturated carbocycles. The highest BCUT2D eigenvalue weighted by Gasteiger charge is 2.30. The Morgan fingerprint density at radius 2 is 1.95 bits per heavy atom. The Balaban J connectivity index is 2.55. The van der Waals surface area contributed by atoms with E-state index < -0.39 is 12.5 Å². The molecule has 4 nitrogen and oxygen atoms in total. The number of anilines is 1. The zero-order valence-electron chi connectivity index (χ0n) is 9.83. The average Bonchev–Trinajstić information content (AvgIpc) is 2.29. The molecule has 0 fully saturated rings. The van der Waals surface area contributed by atoms with E-state index >= 15 is 0 Å². The van der Waals surface area contributed by atoms with Crippen LogP contribution in [0.3, 0.4) is 0 Å². The van der Waals surface area contributed by atoms with Crippen molar-refractivity contribution in [1.29, 1.82) is 0 Å². The molecule has 0 spiro atoms. The van der Waals surface area contributed by atoms with Crippen LogP contribution in [-0.2, 0) is 4.74 Å². The van der Waals surface area contributed by atoms with Gasteiger partial charge in [-0.3, -0.25) is 5.32 Å². The lowest BCUT2D eigenvalue weighted by atomic mass is 10.3. The van der Waals surface area contributed by atoms with Crippen molar-refractivity contribution in [2.45, 2.75) is 19.4 Å². The Kier molecular flexibility index (Phi) is 5.46. The van der Waals surface area contributed by atoms with E-state index in [-0.39, 0.29) is 11.9 Å². The molecule has 0 aliphatic rings. The van der Waals surface area contributed by atoms with Crippen LogP contribution in [0.4, 0.5) is 23.7 Å². The van der Waals surface area contributed by atoms with Crippen LogP contribution >= 0.6 is 15.9 Å². The van der Waals surface area contributed by atoms with E-state index in [1.165, 1.54) is 12.1 Å². The summed E-state index contributed by atoms with van der Waals surface area (Å²) in [6, 6.07) is 4.75. The van der Waals surface area contributed by atoms with Gasteiger partial charge >= 0.3 is 12.5 Å². The second-order valence-corrected chi connectivity index (χ2v) is 4.21. The van der Waals surface area contributed by atoms with E-state index in [0.717, 1.165) is 12.1 Å². The lowest BCUT2D eigenvalue weighted by Gasteiger charge is -2.12. The number of amides is 1. The molecule has 1 N–H and O–H groups in total. The molecular weight excluding hydrogens is 331 g/mol. The van der Waals surface area contributed by atoms with Crippen molar-refractivity contribution in [3.05, 3.63) is 24.3 Å². The van der Waals surface area contributed by atoms with Gasteiger partial charge in [-0.05, 0) is 31.2 Å². The first-order valence-electron chi connectivity index (χ1n) is 5.19. The first kappa shape index (κ1) is 15.6. The van der Waals surface area contributed by atoms with Gasteiger partial charge in [0.15, 0.2) is 0 Å². The predicted octanol–water partition coefficient (Wildman–Crippen LogP) is 3.92. The molecule has 0 saturated heterocycles. The molecule has 0 bridgehead atoms. The van der Waals surface area contributed by atoms with Crippen molar-refractivity contribution >= 4 is 27.7 Å². The second-order valence-electron chi connectivity index (χ2n) is 3.57. The summed E-state index contributed by atoms with van der Waals surface area (Å²) < 4.78 is 44.4. The summed E-state index contributed by atoms with van der Waals surface area (Å²) in [6.07, 6.45) is -5.73. The third kappa shape index (κ3) is 6.32. The van der Waals surface area contributed by atoms with Crippen molar-refractivity contribution in [1.82, 2.24) is 0 Å². The number of benzene rings is 1. The smallest absolute Gasteiger partial charge is 0.445 e. The van der Waals surface area contributed by atoms with Gasteiger partial charge < -0.3 is 9.47 Å². The fraction of sp³-hybridized carbons (Fsp3) is 0.364. The molecule has 8 heteroatoms. The van der Waals surface area contributed by atoms with Crippen LogP contribution in [0.15, 0.2) is 24.3 Å². The highest BCUT2D eigenvalue weighted by molar-refractivity contribution is 9.09. The van der Waals surface area contributed by atoms with E-state index in [0.29, 0.717) is 11.0 Å². The van der Waals surface area contributed by atoms with E-state index in [1.807, 2.05) is 0 Å². The molecule has 0 heterocycles. The molecule has 1 amide bonds. The minimum Gasteiger partial charge on any atom is -0.445 e. The van der Waals surface area contributed by atoms with Crippen LogP contribution in [0.5, 0.6) is 5.75 Å². The molecule has 1 atom stereocenters. The number of hydrogen-bond acceptors (Lipinski definition) is 3. The molecule has 0 aromatic heterocycles. The van der Waals surface area contributed by atoms with Crippen LogP contribution in [0.25, 0.3) is 0 Å². The zero-order chi connectivity index (χ0) is 14.5. The van der Waals surface area contributed by atoms with Crippen LogP contribution < -0.4 is 10.1 Å². The summed E-state index contributed by atoms with van der Waals surface area (Å²) in [5.74, 6) is -0.361. The molecule has 1 unspecified atom stereocenters. The summed E-state index contributed by atoms with van der Waals surface area (Å²) in [5.41, 5.74) is 0.307. The Morgan fingerprint density at radius 1 is 1.37 bits per heavy atom. The number of alkyl halides is 4. The minimum absolute atomic E-state index is 0.307. The van der Waals surface area contributed by atoms with Gasteiger partial charge in [0.05, 0.1) is 0 Å². The van der Waals surface area contributed by atoms with Crippen molar-refractivity contribution in [3.63, 3.8) is 0 Å². The monoisotopic (exact) mass is 341 g/mol. The average molecular weight is 342 g/mol. The van der Waals surface area contributed by atoms with Gasteiger partial charge in [0.1, 0.15) is 11.9 Å². The van der Waals surface area contributed by atoms with Gasteiger partial charge in [-0.2, -0.15) is 0 Å². The molecule has 0 aliphatic heterocycles. The third-order valence-corrected chi connectivity index (χ3v) is 2.77. The molecule has 0 aliphatic carbocycles. The third-order valence-electron chi connectivity index (χ3n) is 1.86. The Labute approximate surface area is 116 Å². The Morgan fingerprint density at radius 3 is 2.42 bits per heavy atom. The lowest BCUT2D eigenvalue weighted by molar-refractivity contribution is -0.274. The van der Waals surface area contributed by atoms with Crippen molar-refractivity contribution in [2.75, 3.05) is 10.6 Å². The maximum atomic E-state index is 11.9. The Bertz CT molecular complexity index is 422. The van der Waals surface area contributed by atoms with Crippen LogP contribution in [0.1, 0.15) is 6.92 Å². The molecule has 0 radical (unpaired) electrons. The zero-order valence-corrected chi connectivity index (χ0v) is 11.4. The van der Waals surface area contributed by atoms with Crippen LogP contribution in [0, 0.1) is 0 Å². The van der Waals surface area contributed by atoms with Crippen LogP contribution in [0.2, 0.25) is 0 Å². The summed E-state index contributed by atoms with van der Waals surface area (Å²) >= 11 is 3.14. The fourth-order valence-electron chi connectivity index (χ4n) is 1.10. The first-order chi connectivity index (χ1) is 8.80. The summed E-state index contributed by atoms with van der Waals surface area (Å²) in [4.78, 5) is 11.3. The number of hydrogen-bond donors (Lipinski definition) is 1.